The van der Waals surface area contributed by atoms with Crippen molar-refractivity contribution in [3.8, 4) is 5.88 Å². The van der Waals surface area contributed by atoms with Crippen molar-refractivity contribution >= 4 is 23.4 Å². The lowest BCUT2D eigenvalue weighted by molar-refractivity contribution is -0.139. The second kappa shape index (κ2) is 6.22. The Kier molecular flexibility index (Phi) is 4.91. The molecule has 1 rings (SSSR count). The second-order valence-electron chi connectivity index (χ2n) is 2.84. The van der Waals surface area contributed by atoms with Crippen LogP contribution in [0.2, 0.25) is 0 Å². The van der Waals surface area contributed by atoms with Gasteiger partial charge in [-0.15, -0.1) is 0 Å². The standard InChI is InChI=1S/C10H14N2O3S/c1-3-15-9(13)6-16-8-5-4-7(11)10(12-8)14-2/h4-5H,3,6,11H2,1-2H3. The minimum absolute atomic E-state index is 0.230. The molecule has 0 aromatic carbocycles. The first kappa shape index (κ1) is 12.6. The van der Waals surface area contributed by atoms with Crippen molar-refractivity contribution in [3.05, 3.63) is 12.1 Å². The number of aromatic nitrogens is 1. The maximum absolute atomic E-state index is 11.1. The summed E-state index contributed by atoms with van der Waals surface area (Å²) >= 11 is 1.29. The molecule has 0 saturated carbocycles. The number of pyridine rings is 1. The first-order chi connectivity index (χ1) is 7.67. The summed E-state index contributed by atoms with van der Waals surface area (Å²) in [5.41, 5.74) is 6.09. The molecule has 16 heavy (non-hydrogen) atoms. The highest BCUT2D eigenvalue weighted by molar-refractivity contribution is 7.99. The number of anilines is 1. The van der Waals surface area contributed by atoms with Gasteiger partial charge in [-0.25, -0.2) is 4.98 Å². The van der Waals surface area contributed by atoms with Crippen molar-refractivity contribution in [3.63, 3.8) is 0 Å². The van der Waals surface area contributed by atoms with Crippen LogP contribution in [0.4, 0.5) is 5.69 Å². The number of carbonyl (C=O) groups excluding carboxylic acids is 1. The molecule has 1 aromatic heterocycles. The van der Waals surface area contributed by atoms with E-state index in [1.54, 1.807) is 19.1 Å². The normalized spacial score (nSPS) is 9.88. The van der Waals surface area contributed by atoms with E-state index in [-0.39, 0.29) is 11.7 Å². The van der Waals surface area contributed by atoms with Gasteiger partial charge in [-0.3, -0.25) is 4.79 Å². The molecule has 6 heteroatoms. The van der Waals surface area contributed by atoms with Crippen LogP contribution in [0.1, 0.15) is 6.92 Å². The van der Waals surface area contributed by atoms with Crippen LogP contribution in [0, 0.1) is 0 Å². The van der Waals surface area contributed by atoms with E-state index in [2.05, 4.69) is 4.98 Å². The SMILES string of the molecule is CCOC(=O)CSc1ccc(N)c(OC)n1. The number of carbonyl (C=O) groups is 1. The van der Waals surface area contributed by atoms with Crippen molar-refractivity contribution < 1.29 is 14.3 Å². The van der Waals surface area contributed by atoms with Gasteiger partial charge in [0.1, 0.15) is 5.03 Å². The smallest absolute Gasteiger partial charge is 0.316 e. The van der Waals surface area contributed by atoms with Crippen molar-refractivity contribution in [1.29, 1.82) is 0 Å². The molecule has 0 amide bonds. The van der Waals surface area contributed by atoms with E-state index in [0.29, 0.717) is 23.2 Å². The molecule has 2 N–H and O–H groups in total. The van der Waals surface area contributed by atoms with Crippen molar-refractivity contribution in [2.45, 2.75) is 11.9 Å². The van der Waals surface area contributed by atoms with Crippen LogP contribution in [0.5, 0.6) is 5.88 Å². The second-order valence-corrected chi connectivity index (χ2v) is 3.84. The molecule has 0 saturated heterocycles. The van der Waals surface area contributed by atoms with Gasteiger partial charge in [0.2, 0.25) is 5.88 Å². The zero-order chi connectivity index (χ0) is 12.0. The fraction of sp³-hybridized carbons (Fsp3) is 0.400. The molecule has 0 bridgehead atoms. The summed E-state index contributed by atoms with van der Waals surface area (Å²) in [4.78, 5) is 15.2. The molecule has 1 heterocycles. The fourth-order valence-corrected chi connectivity index (χ4v) is 1.67. The molecule has 88 valence electrons. The van der Waals surface area contributed by atoms with Gasteiger partial charge in [0.05, 0.1) is 25.2 Å². The highest BCUT2D eigenvalue weighted by Gasteiger charge is 2.07. The first-order valence-electron chi connectivity index (χ1n) is 4.76. The van der Waals surface area contributed by atoms with Crippen LogP contribution >= 0.6 is 11.8 Å². The summed E-state index contributed by atoms with van der Waals surface area (Å²) in [7, 11) is 1.50. The highest BCUT2D eigenvalue weighted by atomic mass is 32.2. The molecule has 0 spiro atoms. The van der Waals surface area contributed by atoms with E-state index >= 15 is 0 Å². The van der Waals surface area contributed by atoms with Crippen molar-refractivity contribution in [2.24, 2.45) is 0 Å². The number of nitrogen functional groups attached to an aromatic ring is 1. The Morgan fingerprint density at radius 3 is 2.94 bits per heavy atom. The Hall–Kier alpha value is -1.43. The molecule has 0 fully saturated rings. The third kappa shape index (κ3) is 3.62. The summed E-state index contributed by atoms with van der Waals surface area (Å²) in [5.74, 6) is 0.340. The molecule has 0 atom stereocenters. The third-order valence-corrected chi connectivity index (χ3v) is 2.60. The number of hydrogen-bond donors (Lipinski definition) is 1. The number of rotatable bonds is 5. The number of ether oxygens (including phenoxy) is 2. The Morgan fingerprint density at radius 2 is 2.31 bits per heavy atom. The highest BCUT2D eigenvalue weighted by Crippen LogP contribution is 2.23. The summed E-state index contributed by atoms with van der Waals surface area (Å²) < 4.78 is 9.77. The summed E-state index contributed by atoms with van der Waals surface area (Å²) in [6.45, 7) is 2.16. The molecule has 0 radical (unpaired) electrons. The summed E-state index contributed by atoms with van der Waals surface area (Å²) in [6, 6.07) is 3.43. The van der Waals surface area contributed by atoms with Crippen LogP contribution in [-0.4, -0.2) is 30.4 Å². The lowest BCUT2D eigenvalue weighted by atomic mass is 10.4. The minimum Gasteiger partial charge on any atom is -0.480 e. The number of esters is 1. The number of nitrogens with zero attached hydrogens (tertiary/aromatic N) is 1. The monoisotopic (exact) mass is 242 g/mol. The predicted molar refractivity (Wildman–Crippen MR) is 62.6 cm³/mol. The fourth-order valence-electron chi connectivity index (χ4n) is 1.01. The van der Waals surface area contributed by atoms with Crippen LogP contribution in [0.15, 0.2) is 17.2 Å². The molecular formula is C10H14N2O3S. The van der Waals surface area contributed by atoms with Crippen LogP contribution in [-0.2, 0) is 9.53 Å². The van der Waals surface area contributed by atoms with Gasteiger partial charge in [0.15, 0.2) is 0 Å². The Bertz CT molecular complexity index is 371. The Morgan fingerprint density at radius 1 is 1.56 bits per heavy atom. The molecule has 0 aliphatic rings. The number of hydrogen-bond acceptors (Lipinski definition) is 6. The van der Waals surface area contributed by atoms with E-state index in [1.165, 1.54) is 18.9 Å². The third-order valence-electron chi connectivity index (χ3n) is 1.70. The molecule has 5 nitrogen and oxygen atoms in total. The largest absolute Gasteiger partial charge is 0.480 e. The Balaban J connectivity index is 2.57. The van der Waals surface area contributed by atoms with Gasteiger partial charge in [-0.05, 0) is 19.1 Å². The van der Waals surface area contributed by atoms with Gasteiger partial charge in [0.25, 0.3) is 0 Å². The average Bonchev–Trinajstić information content (AvgIpc) is 2.28. The number of nitrogens with two attached hydrogens (primary N) is 1. The lowest BCUT2D eigenvalue weighted by Gasteiger charge is -2.05. The maximum Gasteiger partial charge on any atom is 0.316 e. The van der Waals surface area contributed by atoms with Gasteiger partial charge in [-0.1, -0.05) is 11.8 Å². The van der Waals surface area contributed by atoms with Gasteiger partial charge in [-0.2, -0.15) is 0 Å². The van der Waals surface area contributed by atoms with E-state index in [4.69, 9.17) is 15.2 Å². The minimum atomic E-state index is -0.259. The zero-order valence-corrected chi connectivity index (χ0v) is 10.0. The van der Waals surface area contributed by atoms with Crippen molar-refractivity contribution in [2.75, 3.05) is 25.2 Å². The molecular weight excluding hydrogens is 228 g/mol. The van der Waals surface area contributed by atoms with E-state index in [9.17, 15) is 4.79 Å². The first-order valence-corrected chi connectivity index (χ1v) is 5.74. The quantitative estimate of drug-likeness (QED) is 0.620. The molecule has 1 aromatic rings. The van der Waals surface area contributed by atoms with Crippen LogP contribution in [0.3, 0.4) is 0 Å². The molecule has 0 aliphatic carbocycles. The molecule has 0 aliphatic heterocycles. The lowest BCUT2D eigenvalue weighted by Crippen LogP contribution is -2.06. The summed E-state index contributed by atoms with van der Waals surface area (Å²) in [6.07, 6.45) is 0. The molecule has 0 unspecified atom stereocenters. The summed E-state index contributed by atoms with van der Waals surface area (Å²) in [5, 5.41) is 0.680. The van der Waals surface area contributed by atoms with Crippen molar-refractivity contribution in [1.82, 2.24) is 4.98 Å². The van der Waals surface area contributed by atoms with E-state index in [0.717, 1.165) is 0 Å². The Labute approximate surface area is 98.3 Å². The zero-order valence-electron chi connectivity index (χ0n) is 9.23. The number of thioether (sulfide) groups is 1. The average molecular weight is 242 g/mol. The van der Waals surface area contributed by atoms with Crippen LogP contribution in [0.25, 0.3) is 0 Å². The maximum atomic E-state index is 11.1. The van der Waals surface area contributed by atoms with Gasteiger partial charge in [0, 0.05) is 0 Å². The van der Waals surface area contributed by atoms with Crippen LogP contribution < -0.4 is 10.5 Å². The number of methoxy groups -OCH3 is 1. The topological polar surface area (TPSA) is 74.4 Å². The van der Waals surface area contributed by atoms with Gasteiger partial charge < -0.3 is 15.2 Å². The predicted octanol–water partition coefficient (Wildman–Crippen LogP) is 1.33. The van der Waals surface area contributed by atoms with Gasteiger partial charge >= 0.3 is 5.97 Å². The van der Waals surface area contributed by atoms with E-state index < -0.39 is 0 Å². The van der Waals surface area contributed by atoms with E-state index in [1.807, 2.05) is 0 Å².